The standard InChI is InChI=1S/C15H20N2O3S/c18-12-5-2-7-14-8-6-9-15(13-14)21(19,20)16-17-10-3-1-4-11-17/h6,8-9,13,16,18H,1,3-5,10-12H2. The lowest BCUT2D eigenvalue weighted by Gasteiger charge is -2.26. The molecule has 0 spiro atoms. The number of hydrazine groups is 1. The Morgan fingerprint density at radius 1 is 1.24 bits per heavy atom. The SMILES string of the molecule is O=S(=O)(NN1CCCCC1)c1cccc(C#CCCO)c1. The summed E-state index contributed by atoms with van der Waals surface area (Å²) in [4.78, 5) is 2.84. The van der Waals surface area contributed by atoms with Gasteiger partial charge in [0.25, 0.3) is 10.0 Å². The van der Waals surface area contributed by atoms with E-state index in [0.29, 0.717) is 12.0 Å². The molecule has 21 heavy (non-hydrogen) atoms. The summed E-state index contributed by atoms with van der Waals surface area (Å²) in [6.07, 6.45) is 3.54. The maximum atomic E-state index is 12.3. The third-order valence-electron chi connectivity index (χ3n) is 3.22. The zero-order valence-electron chi connectivity index (χ0n) is 11.9. The molecule has 0 unspecified atom stereocenters. The zero-order valence-corrected chi connectivity index (χ0v) is 12.7. The molecule has 1 aliphatic rings. The van der Waals surface area contributed by atoms with E-state index in [1.807, 2.05) is 0 Å². The average Bonchev–Trinajstić information content (AvgIpc) is 2.48. The number of nitrogens with one attached hydrogen (secondary N) is 1. The van der Waals surface area contributed by atoms with Gasteiger partial charge in [0.2, 0.25) is 0 Å². The first-order valence-corrected chi connectivity index (χ1v) is 8.57. The Bertz CT molecular complexity index is 626. The maximum Gasteiger partial charge on any atom is 0.253 e. The molecule has 1 aromatic carbocycles. The van der Waals surface area contributed by atoms with Crippen LogP contribution in [-0.4, -0.2) is 38.2 Å². The molecule has 0 saturated carbocycles. The van der Waals surface area contributed by atoms with Gasteiger partial charge < -0.3 is 5.11 Å². The second-order valence-corrected chi connectivity index (χ2v) is 6.61. The van der Waals surface area contributed by atoms with Crippen LogP contribution in [0.25, 0.3) is 0 Å². The van der Waals surface area contributed by atoms with E-state index in [-0.39, 0.29) is 11.5 Å². The van der Waals surface area contributed by atoms with Crippen molar-refractivity contribution in [2.45, 2.75) is 30.6 Å². The summed E-state index contributed by atoms with van der Waals surface area (Å²) in [5.74, 6) is 5.63. The number of aliphatic hydroxyl groups excluding tert-OH is 1. The van der Waals surface area contributed by atoms with Crippen molar-refractivity contribution < 1.29 is 13.5 Å². The smallest absolute Gasteiger partial charge is 0.253 e. The van der Waals surface area contributed by atoms with Crippen molar-refractivity contribution >= 4 is 10.0 Å². The van der Waals surface area contributed by atoms with Crippen molar-refractivity contribution in [3.63, 3.8) is 0 Å². The maximum absolute atomic E-state index is 12.3. The second kappa shape index (κ2) is 7.57. The van der Waals surface area contributed by atoms with E-state index in [2.05, 4.69) is 16.7 Å². The molecule has 0 aliphatic carbocycles. The summed E-state index contributed by atoms with van der Waals surface area (Å²) in [6.45, 7) is 1.49. The Morgan fingerprint density at radius 3 is 2.71 bits per heavy atom. The van der Waals surface area contributed by atoms with Crippen molar-refractivity contribution in [1.29, 1.82) is 0 Å². The first kappa shape index (κ1) is 16.0. The predicted molar refractivity (Wildman–Crippen MR) is 80.8 cm³/mol. The molecule has 114 valence electrons. The van der Waals surface area contributed by atoms with Crippen molar-refractivity contribution in [2.75, 3.05) is 19.7 Å². The van der Waals surface area contributed by atoms with Gasteiger partial charge in [0.15, 0.2) is 0 Å². The minimum Gasteiger partial charge on any atom is -0.395 e. The van der Waals surface area contributed by atoms with Gasteiger partial charge in [-0.05, 0) is 31.0 Å². The molecule has 0 radical (unpaired) electrons. The lowest BCUT2D eigenvalue weighted by Crippen LogP contribution is -2.44. The van der Waals surface area contributed by atoms with Crippen LogP contribution in [0.15, 0.2) is 29.2 Å². The van der Waals surface area contributed by atoms with E-state index < -0.39 is 10.0 Å². The summed E-state index contributed by atoms with van der Waals surface area (Å²) < 4.78 is 24.7. The van der Waals surface area contributed by atoms with Crippen LogP contribution in [0.5, 0.6) is 0 Å². The summed E-state index contributed by atoms with van der Waals surface area (Å²) >= 11 is 0. The van der Waals surface area contributed by atoms with Crippen LogP contribution in [0.4, 0.5) is 0 Å². The molecular formula is C15H20N2O3S. The highest BCUT2D eigenvalue weighted by Gasteiger charge is 2.19. The first-order valence-electron chi connectivity index (χ1n) is 7.09. The quantitative estimate of drug-likeness (QED) is 0.817. The average molecular weight is 308 g/mol. The number of piperidine rings is 1. The van der Waals surface area contributed by atoms with E-state index >= 15 is 0 Å². The topological polar surface area (TPSA) is 69.6 Å². The van der Waals surface area contributed by atoms with Crippen LogP contribution in [0.2, 0.25) is 0 Å². The molecule has 1 aliphatic heterocycles. The van der Waals surface area contributed by atoms with Crippen molar-refractivity contribution in [1.82, 2.24) is 9.84 Å². The molecule has 2 rings (SSSR count). The molecule has 1 fully saturated rings. The number of hydrogen-bond donors (Lipinski definition) is 2. The third kappa shape index (κ3) is 4.83. The molecule has 0 amide bonds. The molecule has 5 nitrogen and oxygen atoms in total. The first-order chi connectivity index (χ1) is 10.1. The monoisotopic (exact) mass is 308 g/mol. The van der Waals surface area contributed by atoms with Crippen LogP contribution < -0.4 is 4.83 Å². The Kier molecular flexibility index (Phi) is 5.76. The van der Waals surface area contributed by atoms with Crippen molar-refractivity contribution in [2.24, 2.45) is 0 Å². The normalized spacial score (nSPS) is 16.2. The Labute approximate surface area is 126 Å². The van der Waals surface area contributed by atoms with Crippen molar-refractivity contribution in [3.8, 4) is 11.8 Å². The summed E-state index contributed by atoms with van der Waals surface area (Å²) in [6, 6.07) is 6.54. The highest BCUT2D eigenvalue weighted by molar-refractivity contribution is 7.89. The fourth-order valence-corrected chi connectivity index (χ4v) is 3.34. The highest BCUT2D eigenvalue weighted by atomic mass is 32.2. The Balaban J connectivity index is 2.12. The summed E-state index contributed by atoms with van der Waals surface area (Å²) in [5.41, 5.74) is 0.630. The van der Waals surface area contributed by atoms with Gasteiger partial charge in [-0.1, -0.05) is 24.3 Å². The van der Waals surface area contributed by atoms with E-state index in [0.717, 1.165) is 32.4 Å². The van der Waals surface area contributed by atoms with Crippen LogP contribution in [0, 0.1) is 11.8 Å². The van der Waals surface area contributed by atoms with Crippen LogP contribution >= 0.6 is 0 Å². The van der Waals surface area contributed by atoms with Crippen LogP contribution in [-0.2, 0) is 10.0 Å². The molecule has 0 bridgehead atoms. The van der Waals surface area contributed by atoms with Crippen molar-refractivity contribution in [3.05, 3.63) is 29.8 Å². The molecule has 1 heterocycles. The lowest BCUT2D eigenvalue weighted by atomic mass is 10.2. The lowest BCUT2D eigenvalue weighted by molar-refractivity contribution is 0.200. The summed E-state index contributed by atoms with van der Waals surface area (Å²) in [5, 5.41) is 10.4. The van der Waals surface area contributed by atoms with Gasteiger partial charge in [-0.2, -0.15) is 0 Å². The highest BCUT2D eigenvalue weighted by Crippen LogP contribution is 2.13. The van der Waals surface area contributed by atoms with Crippen LogP contribution in [0.3, 0.4) is 0 Å². The summed E-state index contributed by atoms with van der Waals surface area (Å²) in [7, 11) is -3.55. The third-order valence-corrected chi connectivity index (χ3v) is 4.59. The van der Waals surface area contributed by atoms with Gasteiger partial charge in [-0.15, -0.1) is 4.83 Å². The number of sulfonamides is 1. The van der Waals surface area contributed by atoms with E-state index in [4.69, 9.17) is 5.11 Å². The molecule has 1 saturated heterocycles. The minimum absolute atomic E-state index is 0.00149. The van der Waals surface area contributed by atoms with E-state index in [9.17, 15) is 8.42 Å². The number of nitrogens with zero attached hydrogens (tertiary/aromatic N) is 1. The molecular weight excluding hydrogens is 288 g/mol. The largest absolute Gasteiger partial charge is 0.395 e. The van der Waals surface area contributed by atoms with E-state index in [1.165, 1.54) is 0 Å². The van der Waals surface area contributed by atoms with Gasteiger partial charge >= 0.3 is 0 Å². The van der Waals surface area contributed by atoms with E-state index in [1.54, 1.807) is 29.3 Å². The minimum atomic E-state index is -3.55. The Hall–Kier alpha value is -1.39. The van der Waals surface area contributed by atoms with Gasteiger partial charge in [-0.3, -0.25) is 0 Å². The van der Waals surface area contributed by atoms with Gasteiger partial charge in [0.1, 0.15) is 0 Å². The molecule has 0 atom stereocenters. The molecule has 0 aromatic heterocycles. The second-order valence-electron chi connectivity index (χ2n) is 4.95. The predicted octanol–water partition coefficient (Wildman–Crippen LogP) is 1.10. The van der Waals surface area contributed by atoms with Crippen LogP contribution in [0.1, 0.15) is 31.2 Å². The number of rotatable bonds is 4. The molecule has 1 aromatic rings. The zero-order chi connectivity index (χ0) is 15.1. The Morgan fingerprint density at radius 2 is 2.00 bits per heavy atom. The number of aliphatic hydroxyl groups is 1. The number of benzene rings is 1. The number of hydrogen-bond acceptors (Lipinski definition) is 4. The van der Waals surface area contributed by atoms with Gasteiger partial charge in [0, 0.05) is 25.1 Å². The molecule has 6 heteroatoms. The van der Waals surface area contributed by atoms with Gasteiger partial charge in [0.05, 0.1) is 11.5 Å². The fourth-order valence-electron chi connectivity index (χ4n) is 2.17. The fraction of sp³-hybridized carbons (Fsp3) is 0.467. The van der Waals surface area contributed by atoms with Gasteiger partial charge in [-0.25, -0.2) is 13.4 Å². The molecule has 2 N–H and O–H groups in total.